The first-order valence-corrected chi connectivity index (χ1v) is 12.9. The molecule has 0 aromatic heterocycles. The van der Waals surface area contributed by atoms with Crippen molar-refractivity contribution in [2.45, 2.75) is 13.0 Å². The molecule has 0 aliphatic rings. The molecule has 3 aromatic carbocycles. The van der Waals surface area contributed by atoms with Gasteiger partial charge < -0.3 is 10.6 Å². The fourth-order valence-corrected chi connectivity index (χ4v) is 4.23. The predicted octanol–water partition coefficient (Wildman–Crippen LogP) is 3.71. The molecule has 0 saturated heterocycles. The number of hydrogen-bond acceptors (Lipinski definition) is 4. The molecule has 0 bridgehead atoms. The summed E-state index contributed by atoms with van der Waals surface area (Å²) in [6.07, 6.45) is 1.71. The Morgan fingerprint density at radius 3 is 2.26 bits per heavy atom. The molecule has 0 heterocycles. The van der Waals surface area contributed by atoms with Crippen LogP contribution in [0.3, 0.4) is 0 Å². The average Bonchev–Trinajstić information content (AvgIpc) is 2.80. The van der Waals surface area contributed by atoms with E-state index in [1.54, 1.807) is 48.5 Å². The van der Waals surface area contributed by atoms with Crippen LogP contribution in [0, 0.1) is 0 Å². The minimum absolute atomic E-state index is 0.0481. The number of carbonyl (C=O) groups excluding carboxylic acids is 2. The number of sulfonamides is 1. The molecule has 7 nitrogen and oxygen atoms in total. The molecule has 0 aliphatic carbocycles. The van der Waals surface area contributed by atoms with E-state index in [0.29, 0.717) is 34.8 Å². The summed E-state index contributed by atoms with van der Waals surface area (Å²) in [5.74, 6) is -0.898. The third-order valence-corrected chi connectivity index (χ3v) is 6.65. The number of amides is 2. The van der Waals surface area contributed by atoms with E-state index < -0.39 is 22.5 Å². The van der Waals surface area contributed by atoms with Crippen molar-refractivity contribution < 1.29 is 18.0 Å². The summed E-state index contributed by atoms with van der Waals surface area (Å²) in [6.45, 7) is -0.0353. The SMILES string of the molecule is CS(=O)(=O)N(CC(=O)Nc1ccccc1C(=O)NCCc1ccccc1)Cc1ccccc1Cl. The summed E-state index contributed by atoms with van der Waals surface area (Å²) >= 11 is 6.15. The number of benzene rings is 3. The van der Waals surface area contributed by atoms with Crippen LogP contribution < -0.4 is 10.6 Å². The fraction of sp³-hybridized carbons (Fsp3) is 0.200. The van der Waals surface area contributed by atoms with Gasteiger partial charge in [0.15, 0.2) is 0 Å². The number of carbonyl (C=O) groups is 2. The summed E-state index contributed by atoms with van der Waals surface area (Å²) in [6, 6.07) is 23.2. The second kappa shape index (κ2) is 11.8. The standard InChI is InChI=1S/C25H26ClN3O4S/c1-34(32,33)29(17-20-11-5-7-13-22(20)26)18-24(30)28-23-14-8-6-12-21(23)25(31)27-16-15-19-9-3-2-4-10-19/h2-14H,15-18H2,1H3,(H,27,31)(H,28,30). The Morgan fingerprint density at radius 1 is 0.912 bits per heavy atom. The lowest BCUT2D eigenvalue weighted by Gasteiger charge is -2.20. The highest BCUT2D eigenvalue weighted by Crippen LogP contribution is 2.19. The Labute approximate surface area is 204 Å². The van der Waals surface area contributed by atoms with Crippen molar-refractivity contribution in [3.05, 3.63) is 101 Å². The number of para-hydroxylation sites is 1. The van der Waals surface area contributed by atoms with Gasteiger partial charge in [0, 0.05) is 18.1 Å². The summed E-state index contributed by atoms with van der Waals surface area (Å²) in [5.41, 5.74) is 2.28. The van der Waals surface area contributed by atoms with Crippen LogP contribution >= 0.6 is 11.6 Å². The van der Waals surface area contributed by atoms with Crippen molar-refractivity contribution in [2.75, 3.05) is 24.7 Å². The van der Waals surface area contributed by atoms with Crippen LogP contribution in [0.2, 0.25) is 5.02 Å². The van der Waals surface area contributed by atoms with E-state index in [2.05, 4.69) is 10.6 Å². The van der Waals surface area contributed by atoms with Gasteiger partial charge in [-0.1, -0.05) is 72.3 Å². The molecule has 0 fully saturated rings. The van der Waals surface area contributed by atoms with Crippen molar-refractivity contribution >= 4 is 39.1 Å². The predicted molar refractivity (Wildman–Crippen MR) is 134 cm³/mol. The minimum Gasteiger partial charge on any atom is -0.352 e. The van der Waals surface area contributed by atoms with Crippen molar-refractivity contribution in [1.82, 2.24) is 9.62 Å². The Kier molecular flexibility index (Phi) is 8.81. The Balaban J connectivity index is 1.65. The normalized spacial score (nSPS) is 11.3. The van der Waals surface area contributed by atoms with E-state index in [0.717, 1.165) is 16.1 Å². The first-order valence-electron chi connectivity index (χ1n) is 10.6. The lowest BCUT2D eigenvalue weighted by molar-refractivity contribution is -0.116. The van der Waals surface area contributed by atoms with Gasteiger partial charge in [0.1, 0.15) is 0 Å². The number of nitrogens with zero attached hydrogens (tertiary/aromatic N) is 1. The second-order valence-electron chi connectivity index (χ2n) is 7.71. The van der Waals surface area contributed by atoms with Crippen molar-refractivity contribution in [2.24, 2.45) is 0 Å². The van der Waals surface area contributed by atoms with Gasteiger partial charge in [-0.15, -0.1) is 0 Å². The third kappa shape index (κ3) is 7.41. The topological polar surface area (TPSA) is 95.6 Å². The van der Waals surface area contributed by atoms with Crippen LogP contribution in [-0.2, 0) is 27.8 Å². The number of rotatable bonds is 10. The highest BCUT2D eigenvalue weighted by Gasteiger charge is 2.22. The van der Waals surface area contributed by atoms with E-state index >= 15 is 0 Å². The molecule has 0 aliphatic heterocycles. The summed E-state index contributed by atoms with van der Waals surface area (Å²) in [7, 11) is -3.70. The molecular weight excluding hydrogens is 474 g/mol. The van der Waals surface area contributed by atoms with Crippen molar-refractivity contribution in [1.29, 1.82) is 0 Å². The molecule has 2 N–H and O–H groups in total. The van der Waals surface area contributed by atoms with Crippen LogP contribution in [0.1, 0.15) is 21.5 Å². The summed E-state index contributed by atoms with van der Waals surface area (Å²) < 4.78 is 25.6. The first-order chi connectivity index (χ1) is 16.2. The minimum atomic E-state index is -3.70. The average molecular weight is 500 g/mol. The second-order valence-corrected chi connectivity index (χ2v) is 10.1. The van der Waals surface area contributed by atoms with Gasteiger partial charge in [0.05, 0.1) is 24.1 Å². The zero-order chi connectivity index (χ0) is 24.6. The molecule has 0 radical (unpaired) electrons. The fourth-order valence-electron chi connectivity index (χ4n) is 3.31. The Morgan fingerprint density at radius 2 is 1.56 bits per heavy atom. The number of anilines is 1. The highest BCUT2D eigenvalue weighted by molar-refractivity contribution is 7.88. The molecule has 3 rings (SSSR count). The maximum atomic E-state index is 12.7. The molecule has 178 valence electrons. The van der Waals surface area contributed by atoms with Gasteiger partial charge >= 0.3 is 0 Å². The monoisotopic (exact) mass is 499 g/mol. The molecule has 0 spiro atoms. The van der Waals surface area contributed by atoms with Crippen LogP contribution in [0.4, 0.5) is 5.69 Å². The lowest BCUT2D eigenvalue weighted by Crippen LogP contribution is -2.37. The smallest absolute Gasteiger partial charge is 0.253 e. The Bertz CT molecular complexity index is 1250. The van der Waals surface area contributed by atoms with Gasteiger partial charge in [-0.05, 0) is 35.7 Å². The maximum Gasteiger partial charge on any atom is 0.253 e. The van der Waals surface area contributed by atoms with Gasteiger partial charge in [-0.25, -0.2) is 8.42 Å². The molecule has 9 heteroatoms. The quantitative estimate of drug-likeness (QED) is 0.444. The first kappa shape index (κ1) is 25.4. The molecule has 0 unspecified atom stereocenters. The van der Waals surface area contributed by atoms with Gasteiger partial charge in [0.2, 0.25) is 15.9 Å². The van der Waals surface area contributed by atoms with Gasteiger partial charge in [-0.2, -0.15) is 4.31 Å². The summed E-state index contributed by atoms with van der Waals surface area (Å²) in [5, 5.41) is 5.93. The molecule has 0 saturated carbocycles. The largest absolute Gasteiger partial charge is 0.352 e. The highest BCUT2D eigenvalue weighted by atomic mass is 35.5. The van der Waals surface area contributed by atoms with Crippen molar-refractivity contribution in [3.8, 4) is 0 Å². The molecule has 2 amide bonds. The van der Waals surface area contributed by atoms with Gasteiger partial charge in [0.25, 0.3) is 5.91 Å². The molecular formula is C25H26ClN3O4S. The molecule has 34 heavy (non-hydrogen) atoms. The number of halogens is 1. The van der Waals surface area contributed by atoms with E-state index in [1.807, 2.05) is 30.3 Å². The van der Waals surface area contributed by atoms with E-state index in [1.165, 1.54) is 0 Å². The zero-order valence-electron chi connectivity index (χ0n) is 18.7. The number of hydrogen-bond donors (Lipinski definition) is 2. The number of nitrogens with one attached hydrogen (secondary N) is 2. The lowest BCUT2D eigenvalue weighted by atomic mass is 10.1. The van der Waals surface area contributed by atoms with E-state index in [4.69, 9.17) is 11.6 Å². The van der Waals surface area contributed by atoms with E-state index in [9.17, 15) is 18.0 Å². The van der Waals surface area contributed by atoms with E-state index in [-0.39, 0.29) is 12.5 Å². The van der Waals surface area contributed by atoms with Crippen molar-refractivity contribution in [3.63, 3.8) is 0 Å². The zero-order valence-corrected chi connectivity index (χ0v) is 20.3. The van der Waals surface area contributed by atoms with Crippen LogP contribution in [0.5, 0.6) is 0 Å². The van der Waals surface area contributed by atoms with Crippen LogP contribution in [0.15, 0.2) is 78.9 Å². The van der Waals surface area contributed by atoms with Crippen LogP contribution in [0.25, 0.3) is 0 Å². The van der Waals surface area contributed by atoms with Gasteiger partial charge in [-0.3, -0.25) is 9.59 Å². The molecule has 0 atom stereocenters. The summed E-state index contributed by atoms with van der Waals surface area (Å²) in [4.78, 5) is 25.5. The third-order valence-electron chi connectivity index (χ3n) is 5.08. The maximum absolute atomic E-state index is 12.7. The van der Waals surface area contributed by atoms with Crippen LogP contribution in [-0.4, -0.2) is 43.9 Å². The Hall–Kier alpha value is -3.20. The molecule has 3 aromatic rings.